The molecule has 70 valence electrons. The van der Waals surface area contributed by atoms with E-state index in [2.05, 4.69) is 27.8 Å². The molecule has 1 aromatic heterocycles. The summed E-state index contributed by atoms with van der Waals surface area (Å²) < 4.78 is 0. The summed E-state index contributed by atoms with van der Waals surface area (Å²) in [5.74, 6) is 1.17. The quantitative estimate of drug-likeness (QED) is 0.729. The minimum absolute atomic E-state index is 0.994. The summed E-state index contributed by atoms with van der Waals surface area (Å²) in [7, 11) is 0. The van der Waals surface area contributed by atoms with Gasteiger partial charge in [-0.25, -0.2) is 0 Å². The number of aliphatic imine (C=N–C) groups is 1. The summed E-state index contributed by atoms with van der Waals surface area (Å²) in [6.45, 7) is 0.994. The topological polar surface area (TPSA) is 24.4 Å². The van der Waals surface area contributed by atoms with Crippen molar-refractivity contribution in [2.24, 2.45) is 4.99 Å². The average Bonchev–Trinajstić information content (AvgIpc) is 2.49. The number of hydrogen-bond acceptors (Lipinski definition) is 3. The monoisotopic (exact) mass is 194 g/mol. The third-order valence-electron chi connectivity index (χ3n) is 2.16. The molecule has 3 heteroatoms. The summed E-state index contributed by atoms with van der Waals surface area (Å²) in [5, 5.41) is 6.66. The van der Waals surface area contributed by atoms with E-state index in [1.165, 1.54) is 30.1 Å². The number of thiophene rings is 1. The van der Waals surface area contributed by atoms with E-state index in [1.54, 1.807) is 11.3 Å². The van der Waals surface area contributed by atoms with E-state index in [4.69, 9.17) is 0 Å². The maximum absolute atomic E-state index is 4.51. The molecule has 0 aromatic carbocycles. The van der Waals surface area contributed by atoms with Gasteiger partial charge >= 0.3 is 0 Å². The van der Waals surface area contributed by atoms with Gasteiger partial charge in [0.1, 0.15) is 5.84 Å². The van der Waals surface area contributed by atoms with Crippen molar-refractivity contribution in [3.8, 4) is 0 Å². The molecule has 1 aromatic rings. The Hall–Kier alpha value is -0.830. The molecule has 13 heavy (non-hydrogen) atoms. The maximum Gasteiger partial charge on any atom is 0.101 e. The van der Waals surface area contributed by atoms with Crippen molar-refractivity contribution in [3.05, 3.63) is 17.5 Å². The Morgan fingerprint density at radius 2 is 2.31 bits per heavy atom. The van der Waals surface area contributed by atoms with Crippen LogP contribution in [0.3, 0.4) is 0 Å². The fourth-order valence-corrected chi connectivity index (χ4v) is 2.11. The second-order valence-corrected chi connectivity index (χ2v) is 4.19. The molecule has 0 unspecified atom stereocenters. The van der Waals surface area contributed by atoms with Crippen LogP contribution in [0.4, 0.5) is 5.00 Å². The van der Waals surface area contributed by atoms with Crippen molar-refractivity contribution in [3.63, 3.8) is 0 Å². The highest BCUT2D eigenvalue weighted by molar-refractivity contribution is 7.14. The van der Waals surface area contributed by atoms with Crippen LogP contribution in [-0.2, 0) is 0 Å². The van der Waals surface area contributed by atoms with Crippen molar-refractivity contribution >= 4 is 22.2 Å². The summed E-state index contributed by atoms with van der Waals surface area (Å²) in [6, 6.07) is 4.16. The van der Waals surface area contributed by atoms with Crippen molar-refractivity contribution in [1.82, 2.24) is 0 Å². The third-order valence-corrected chi connectivity index (χ3v) is 2.95. The normalized spacial score (nSPS) is 17.7. The van der Waals surface area contributed by atoms with Gasteiger partial charge in [-0.2, -0.15) is 0 Å². The molecule has 1 N–H and O–H groups in total. The molecule has 0 saturated carbocycles. The zero-order valence-corrected chi connectivity index (χ0v) is 8.44. The van der Waals surface area contributed by atoms with Gasteiger partial charge < -0.3 is 5.32 Å². The number of amidine groups is 1. The number of nitrogens with zero attached hydrogens (tertiary/aromatic N) is 1. The molecule has 0 spiro atoms. The second-order valence-electron chi connectivity index (χ2n) is 3.24. The lowest BCUT2D eigenvalue weighted by Crippen LogP contribution is -2.10. The predicted molar refractivity (Wildman–Crippen MR) is 58.7 cm³/mol. The van der Waals surface area contributed by atoms with Crippen LogP contribution in [0.15, 0.2) is 22.5 Å². The Bertz CT molecular complexity index is 277. The highest BCUT2D eigenvalue weighted by atomic mass is 32.1. The molecule has 0 saturated heterocycles. The van der Waals surface area contributed by atoms with Crippen LogP contribution in [0.1, 0.15) is 25.7 Å². The fourth-order valence-electron chi connectivity index (χ4n) is 1.47. The van der Waals surface area contributed by atoms with Crippen LogP contribution in [0.2, 0.25) is 0 Å². The molecule has 1 aliphatic rings. The predicted octanol–water partition coefficient (Wildman–Crippen LogP) is 3.13. The molecule has 0 bridgehead atoms. The lowest BCUT2D eigenvalue weighted by molar-refractivity contribution is 0.731. The van der Waals surface area contributed by atoms with Crippen molar-refractivity contribution in [2.75, 3.05) is 11.9 Å². The average molecular weight is 194 g/mol. The van der Waals surface area contributed by atoms with Crippen LogP contribution < -0.4 is 5.32 Å². The molecule has 2 nitrogen and oxygen atoms in total. The van der Waals surface area contributed by atoms with Gasteiger partial charge in [0.25, 0.3) is 0 Å². The molecule has 0 radical (unpaired) electrons. The van der Waals surface area contributed by atoms with Crippen molar-refractivity contribution < 1.29 is 0 Å². The summed E-state index contributed by atoms with van der Waals surface area (Å²) >= 11 is 1.73. The van der Waals surface area contributed by atoms with Crippen LogP contribution in [-0.4, -0.2) is 12.4 Å². The lowest BCUT2D eigenvalue weighted by Gasteiger charge is -2.04. The minimum Gasteiger partial charge on any atom is -0.336 e. The van der Waals surface area contributed by atoms with Gasteiger partial charge in [-0.15, -0.1) is 11.3 Å². The molecule has 0 fully saturated rings. The van der Waals surface area contributed by atoms with Crippen molar-refractivity contribution in [2.45, 2.75) is 25.7 Å². The van der Waals surface area contributed by atoms with Gasteiger partial charge in [0, 0.05) is 13.0 Å². The number of hydrogen-bond donors (Lipinski definition) is 1. The van der Waals surface area contributed by atoms with Gasteiger partial charge in [-0.1, -0.05) is 6.42 Å². The van der Waals surface area contributed by atoms with Gasteiger partial charge in [-0.3, -0.25) is 4.99 Å². The molecule has 0 atom stereocenters. The van der Waals surface area contributed by atoms with Crippen LogP contribution >= 0.6 is 11.3 Å². The van der Waals surface area contributed by atoms with Crippen LogP contribution in [0.5, 0.6) is 0 Å². The first-order valence-electron chi connectivity index (χ1n) is 4.79. The smallest absolute Gasteiger partial charge is 0.101 e. The number of rotatable bonds is 1. The lowest BCUT2D eigenvalue weighted by atomic mass is 10.2. The van der Waals surface area contributed by atoms with Gasteiger partial charge in [0.15, 0.2) is 0 Å². The Morgan fingerprint density at radius 1 is 1.31 bits per heavy atom. The van der Waals surface area contributed by atoms with E-state index >= 15 is 0 Å². The fraction of sp³-hybridized carbons (Fsp3) is 0.500. The van der Waals surface area contributed by atoms with Crippen molar-refractivity contribution in [1.29, 1.82) is 0 Å². The summed E-state index contributed by atoms with van der Waals surface area (Å²) in [6.07, 6.45) is 4.95. The summed E-state index contributed by atoms with van der Waals surface area (Å²) in [5.41, 5.74) is 0. The van der Waals surface area contributed by atoms with E-state index in [1.807, 2.05) is 0 Å². The third kappa shape index (κ3) is 2.56. The second kappa shape index (κ2) is 4.42. The molecule has 1 aliphatic heterocycles. The molecular weight excluding hydrogens is 180 g/mol. The zero-order valence-electron chi connectivity index (χ0n) is 7.62. The Kier molecular flexibility index (Phi) is 2.98. The number of nitrogens with one attached hydrogen (secondary N) is 1. The van der Waals surface area contributed by atoms with Gasteiger partial charge in [0.2, 0.25) is 0 Å². The van der Waals surface area contributed by atoms with E-state index in [0.717, 1.165) is 13.0 Å². The highest BCUT2D eigenvalue weighted by Crippen LogP contribution is 2.17. The van der Waals surface area contributed by atoms with Gasteiger partial charge in [0.05, 0.1) is 5.00 Å². The largest absolute Gasteiger partial charge is 0.336 e. The van der Waals surface area contributed by atoms with Crippen LogP contribution in [0.25, 0.3) is 0 Å². The minimum atomic E-state index is 0.994. The standard InChI is InChI=1S/C10H14N2S/c1-2-5-9(11-7-3-1)12-10-6-4-8-13-10/h4,6,8H,1-3,5,7H2,(H,11,12). The molecule has 0 aliphatic carbocycles. The van der Waals surface area contributed by atoms with E-state index in [9.17, 15) is 0 Å². The number of anilines is 1. The highest BCUT2D eigenvalue weighted by Gasteiger charge is 2.04. The Balaban J connectivity index is 1.96. The van der Waals surface area contributed by atoms with E-state index in [-0.39, 0.29) is 0 Å². The first kappa shape index (κ1) is 8.75. The maximum atomic E-state index is 4.51. The Morgan fingerprint density at radius 3 is 3.15 bits per heavy atom. The molecule has 2 heterocycles. The first-order valence-corrected chi connectivity index (χ1v) is 5.67. The first-order chi connectivity index (χ1) is 6.45. The zero-order chi connectivity index (χ0) is 8.93. The molecular formula is C10H14N2S. The van der Waals surface area contributed by atoms with Gasteiger partial charge in [-0.05, 0) is 30.4 Å². The molecule has 0 amide bonds. The SMILES string of the molecule is c1csc(NC2=NCCCCC2)c1. The van der Waals surface area contributed by atoms with E-state index < -0.39 is 0 Å². The summed E-state index contributed by atoms with van der Waals surface area (Å²) in [4.78, 5) is 4.51. The molecule has 2 rings (SSSR count). The Labute approximate surface area is 82.7 Å². The van der Waals surface area contributed by atoms with Crippen LogP contribution in [0, 0.1) is 0 Å². The van der Waals surface area contributed by atoms with E-state index in [0.29, 0.717) is 0 Å².